The first-order valence-electron chi connectivity index (χ1n) is 8.85. The molecule has 1 fully saturated rings. The van der Waals surface area contributed by atoms with E-state index < -0.39 is 5.97 Å². The maximum absolute atomic E-state index is 12.3. The number of carbonyl (C=O) groups is 2. The second-order valence-electron chi connectivity index (χ2n) is 6.66. The fraction of sp³-hybridized carbons (Fsp3) is 0.474. The molecule has 2 aromatic heterocycles. The molecule has 0 unspecified atom stereocenters. The van der Waals surface area contributed by atoms with Gasteiger partial charge >= 0.3 is 5.97 Å². The number of nitrogens with zero attached hydrogens (tertiary/aromatic N) is 3. The average Bonchev–Trinajstić information content (AvgIpc) is 3.38. The Bertz CT molecular complexity index is 865. The van der Waals surface area contributed by atoms with E-state index in [1.54, 1.807) is 10.8 Å². The van der Waals surface area contributed by atoms with Crippen molar-refractivity contribution in [1.29, 1.82) is 0 Å². The number of hydrogen-bond donors (Lipinski definition) is 1. The summed E-state index contributed by atoms with van der Waals surface area (Å²) in [6.07, 6.45) is 5.89. The Morgan fingerprint density at radius 3 is 2.85 bits per heavy atom. The molecule has 0 bridgehead atoms. The Labute approximate surface area is 152 Å². The predicted molar refractivity (Wildman–Crippen MR) is 97.8 cm³/mol. The van der Waals surface area contributed by atoms with E-state index in [0.29, 0.717) is 18.9 Å². The number of carbonyl (C=O) groups excluding carboxylic acids is 2. The second-order valence-corrected chi connectivity index (χ2v) is 6.66. The van der Waals surface area contributed by atoms with Crippen LogP contribution in [0.25, 0.3) is 11.0 Å². The Hall–Kier alpha value is -2.70. The van der Waals surface area contributed by atoms with Gasteiger partial charge in [0.2, 0.25) is 5.91 Å². The minimum absolute atomic E-state index is 0.121. The number of aryl methyl sites for hydroxylation is 2. The van der Waals surface area contributed by atoms with Crippen molar-refractivity contribution in [3.8, 4) is 0 Å². The van der Waals surface area contributed by atoms with Crippen molar-refractivity contribution in [2.24, 2.45) is 0 Å². The summed E-state index contributed by atoms with van der Waals surface area (Å²) in [5.74, 6) is -0.0265. The molecule has 0 saturated heterocycles. The molecule has 1 aliphatic rings. The lowest BCUT2D eigenvalue weighted by Crippen LogP contribution is -2.28. The van der Waals surface area contributed by atoms with Crippen LogP contribution in [0.1, 0.15) is 42.1 Å². The fourth-order valence-corrected chi connectivity index (χ4v) is 3.04. The molecule has 1 amide bonds. The number of nitrogens with one attached hydrogen (secondary N) is 1. The number of rotatable bonds is 7. The van der Waals surface area contributed by atoms with Crippen LogP contribution in [-0.2, 0) is 20.9 Å². The van der Waals surface area contributed by atoms with E-state index >= 15 is 0 Å². The predicted octanol–water partition coefficient (Wildman–Crippen LogP) is 2.16. The van der Waals surface area contributed by atoms with Crippen LogP contribution < -0.4 is 5.32 Å². The molecule has 2 heterocycles. The van der Waals surface area contributed by atoms with E-state index in [2.05, 4.69) is 28.0 Å². The van der Waals surface area contributed by atoms with Gasteiger partial charge in [0.15, 0.2) is 5.65 Å². The Morgan fingerprint density at radius 2 is 2.15 bits per heavy atom. The van der Waals surface area contributed by atoms with E-state index in [4.69, 9.17) is 5.10 Å². The van der Waals surface area contributed by atoms with Crippen LogP contribution >= 0.6 is 0 Å². The van der Waals surface area contributed by atoms with Gasteiger partial charge in [-0.15, -0.1) is 0 Å². The van der Waals surface area contributed by atoms with Gasteiger partial charge in [0.25, 0.3) is 0 Å². The summed E-state index contributed by atoms with van der Waals surface area (Å²) in [6.45, 7) is 4.61. The van der Waals surface area contributed by atoms with Crippen LogP contribution in [0, 0.1) is 13.8 Å². The number of pyridine rings is 1. The zero-order valence-corrected chi connectivity index (χ0v) is 15.4. The molecular formula is C19H24N4O3. The molecule has 2 aromatic rings. The Balaban J connectivity index is 1.68. The van der Waals surface area contributed by atoms with Crippen molar-refractivity contribution in [3.63, 3.8) is 0 Å². The molecule has 0 aliphatic heterocycles. The SMILES string of the molecule is COC(=O)/C=C/CCNC(=O)Cn1nc(C2CC2)c2c(C)cc(C)nc21. The molecule has 7 nitrogen and oxygen atoms in total. The summed E-state index contributed by atoms with van der Waals surface area (Å²) in [6, 6.07) is 2.06. The minimum Gasteiger partial charge on any atom is -0.466 e. The van der Waals surface area contributed by atoms with Gasteiger partial charge in [-0.05, 0) is 44.7 Å². The quantitative estimate of drug-likeness (QED) is 0.467. The molecule has 0 spiro atoms. The molecule has 0 aromatic carbocycles. The van der Waals surface area contributed by atoms with Gasteiger partial charge in [0.1, 0.15) is 6.54 Å². The smallest absolute Gasteiger partial charge is 0.330 e. The van der Waals surface area contributed by atoms with E-state index in [1.165, 1.54) is 13.2 Å². The van der Waals surface area contributed by atoms with E-state index in [-0.39, 0.29) is 12.5 Å². The highest BCUT2D eigenvalue weighted by Crippen LogP contribution is 2.43. The summed E-state index contributed by atoms with van der Waals surface area (Å²) >= 11 is 0. The summed E-state index contributed by atoms with van der Waals surface area (Å²) in [7, 11) is 1.33. The monoisotopic (exact) mass is 356 g/mol. The minimum atomic E-state index is -0.399. The van der Waals surface area contributed by atoms with E-state index in [1.807, 2.05) is 6.92 Å². The molecule has 1 saturated carbocycles. The lowest BCUT2D eigenvalue weighted by molar-refractivity contribution is -0.134. The van der Waals surface area contributed by atoms with Gasteiger partial charge in [-0.25, -0.2) is 14.5 Å². The number of amides is 1. The zero-order valence-electron chi connectivity index (χ0n) is 15.4. The highest BCUT2D eigenvalue weighted by molar-refractivity contribution is 5.85. The van der Waals surface area contributed by atoms with Crippen molar-refractivity contribution >= 4 is 22.9 Å². The van der Waals surface area contributed by atoms with Crippen LogP contribution in [0.3, 0.4) is 0 Å². The summed E-state index contributed by atoms with van der Waals surface area (Å²) in [5.41, 5.74) is 3.94. The summed E-state index contributed by atoms with van der Waals surface area (Å²) < 4.78 is 6.22. The van der Waals surface area contributed by atoms with Gasteiger partial charge in [0.05, 0.1) is 12.8 Å². The first kappa shape index (κ1) is 18.1. The maximum Gasteiger partial charge on any atom is 0.330 e. The Morgan fingerprint density at radius 1 is 1.38 bits per heavy atom. The first-order chi connectivity index (χ1) is 12.5. The van der Waals surface area contributed by atoms with Gasteiger partial charge in [-0.3, -0.25) is 4.79 Å². The topological polar surface area (TPSA) is 86.1 Å². The van der Waals surface area contributed by atoms with Crippen molar-refractivity contribution in [1.82, 2.24) is 20.1 Å². The third-order valence-corrected chi connectivity index (χ3v) is 4.40. The number of esters is 1. The molecular weight excluding hydrogens is 332 g/mol. The fourth-order valence-electron chi connectivity index (χ4n) is 3.04. The summed E-state index contributed by atoms with van der Waals surface area (Å²) in [5, 5.41) is 8.62. The van der Waals surface area contributed by atoms with Crippen molar-refractivity contribution < 1.29 is 14.3 Å². The van der Waals surface area contributed by atoms with E-state index in [0.717, 1.165) is 40.8 Å². The van der Waals surface area contributed by atoms with E-state index in [9.17, 15) is 9.59 Å². The lowest BCUT2D eigenvalue weighted by atomic mass is 10.1. The maximum atomic E-state index is 12.3. The highest BCUT2D eigenvalue weighted by Gasteiger charge is 2.30. The van der Waals surface area contributed by atoms with Crippen LogP contribution in [0.15, 0.2) is 18.2 Å². The average molecular weight is 356 g/mol. The van der Waals surface area contributed by atoms with Crippen LogP contribution in [-0.4, -0.2) is 40.3 Å². The van der Waals surface area contributed by atoms with Gasteiger partial charge in [-0.2, -0.15) is 5.10 Å². The largest absolute Gasteiger partial charge is 0.466 e. The number of hydrogen-bond acceptors (Lipinski definition) is 5. The highest BCUT2D eigenvalue weighted by atomic mass is 16.5. The Kier molecular flexibility index (Phi) is 5.35. The zero-order chi connectivity index (χ0) is 18.7. The summed E-state index contributed by atoms with van der Waals surface area (Å²) in [4.78, 5) is 27.9. The molecule has 26 heavy (non-hydrogen) atoms. The van der Waals surface area contributed by atoms with Crippen molar-refractivity contribution in [2.45, 2.75) is 45.6 Å². The molecule has 1 N–H and O–H groups in total. The number of ether oxygens (including phenoxy) is 1. The van der Waals surface area contributed by atoms with Crippen LogP contribution in [0.5, 0.6) is 0 Å². The number of methoxy groups -OCH3 is 1. The van der Waals surface area contributed by atoms with Crippen molar-refractivity contribution in [2.75, 3.05) is 13.7 Å². The van der Waals surface area contributed by atoms with Gasteiger partial charge < -0.3 is 10.1 Å². The molecule has 3 rings (SSSR count). The normalized spacial score (nSPS) is 14.1. The molecule has 0 radical (unpaired) electrons. The standard InChI is InChI=1S/C19H24N4O3/c1-12-10-13(2)21-19-17(12)18(14-7-8-14)22-23(19)11-15(24)20-9-5-4-6-16(25)26-3/h4,6,10,14H,5,7-9,11H2,1-3H3,(H,20,24)/b6-4+. The van der Waals surface area contributed by atoms with Crippen LogP contribution in [0.2, 0.25) is 0 Å². The molecule has 1 aliphatic carbocycles. The molecule has 7 heteroatoms. The molecule has 0 atom stereocenters. The number of fused-ring (bicyclic) bond motifs is 1. The second kappa shape index (κ2) is 7.68. The van der Waals surface area contributed by atoms with Gasteiger partial charge in [0, 0.05) is 29.6 Å². The first-order valence-corrected chi connectivity index (χ1v) is 8.85. The third kappa shape index (κ3) is 4.09. The lowest BCUT2D eigenvalue weighted by Gasteiger charge is -2.05. The van der Waals surface area contributed by atoms with Crippen LogP contribution in [0.4, 0.5) is 0 Å². The third-order valence-electron chi connectivity index (χ3n) is 4.40. The van der Waals surface area contributed by atoms with Gasteiger partial charge in [-0.1, -0.05) is 6.08 Å². The van der Waals surface area contributed by atoms with Crippen molar-refractivity contribution in [3.05, 3.63) is 35.2 Å². The number of aromatic nitrogens is 3. The molecule has 138 valence electrons.